The summed E-state index contributed by atoms with van der Waals surface area (Å²) in [5, 5.41) is 0. The molecule has 34 heavy (non-hydrogen) atoms. The zero-order chi connectivity index (χ0) is 25.8. The first kappa shape index (κ1) is 30.4. The molecule has 0 bridgehead atoms. The van der Waals surface area contributed by atoms with Crippen LogP contribution in [0, 0.1) is 0 Å². The number of carbonyl (C=O) groups excluding carboxylic acids is 1. The monoisotopic (exact) mass is 497 g/mol. The van der Waals surface area contributed by atoms with Crippen molar-refractivity contribution in [1.82, 2.24) is 4.72 Å². The molecule has 0 aliphatic rings. The SMILES string of the molecule is CCCCCCCCCCCCOS(=O)(=O)NC(=O)Oc1c(C(C)(C)C)cccc1C(C)(C)C. The van der Waals surface area contributed by atoms with Crippen LogP contribution in [0.5, 0.6) is 5.75 Å². The van der Waals surface area contributed by atoms with E-state index in [-0.39, 0.29) is 17.4 Å². The van der Waals surface area contributed by atoms with Gasteiger partial charge in [-0.05, 0) is 17.3 Å². The molecule has 0 unspecified atom stereocenters. The lowest BCUT2D eigenvalue weighted by Gasteiger charge is -2.28. The smallest absolute Gasteiger partial charge is 0.409 e. The molecule has 0 fully saturated rings. The second-order valence-corrected chi connectivity index (χ2v) is 12.5. The van der Waals surface area contributed by atoms with E-state index in [2.05, 4.69) is 6.92 Å². The van der Waals surface area contributed by atoms with Crippen molar-refractivity contribution in [2.45, 2.75) is 124 Å². The molecule has 1 N–H and O–H groups in total. The van der Waals surface area contributed by atoms with E-state index in [1.54, 1.807) is 0 Å². The van der Waals surface area contributed by atoms with Crippen LogP contribution in [0.2, 0.25) is 0 Å². The summed E-state index contributed by atoms with van der Waals surface area (Å²) in [5.41, 5.74) is 1.08. The van der Waals surface area contributed by atoms with Crippen molar-refractivity contribution >= 4 is 16.4 Å². The highest BCUT2D eigenvalue weighted by Gasteiger charge is 2.29. The van der Waals surface area contributed by atoms with Gasteiger partial charge in [-0.15, -0.1) is 0 Å². The number of unbranched alkanes of at least 4 members (excludes halogenated alkanes) is 9. The average molecular weight is 498 g/mol. The summed E-state index contributed by atoms with van der Waals surface area (Å²) < 4.78 is 36.9. The molecular formula is C27H47NO5S. The Kier molecular flexibility index (Phi) is 12.6. The van der Waals surface area contributed by atoms with Crippen LogP contribution in [0.4, 0.5) is 4.79 Å². The maximum atomic E-state index is 12.5. The molecule has 0 heterocycles. The number of hydrogen-bond acceptors (Lipinski definition) is 5. The first-order valence-electron chi connectivity index (χ1n) is 12.8. The normalized spacial score (nSPS) is 12.6. The van der Waals surface area contributed by atoms with Crippen LogP contribution in [0.25, 0.3) is 0 Å². The van der Waals surface area contributed by atoms with E-state index in [1.807, 2.05) is 64.5 Å². The molecule has 0 aromatic heterocycles. The lowest BCUT2D eigenvalue weighted by molar-refractivity contribution is 0.202. The molecule has 6 nitrogen and oxygen atoms in total. The fourth-order valence-electron chi connectivity index (χ4n) is 3.83. The number of rotatable bonds is 14. The molecule has 196 valence electrons. The zero-order valence-corrected chi connectivity index (χ0v) is 23.3. The van der Waals surface area contributed by atoms with Gasteiger partial charge in [-0.1, -0.05) is 124 Å². The topological polar surface area (TPSA) is 81.7 Å². The summed E-state index contributed by atoms with van der Waals surface area (Å²) in [4.78, 5) is 12.5. The molecule has 0 atom stereocenters. The Morgan fingerprint density at radius 3 is 1.68 bits per heavy atom. The molecule has 0 radical (unpaired) electrons. The van der Waals surface area contributed by atoms with E-state index < -0.39 is 16.4 Å². The fraction of sp³-hybridized carbons (Fsp3) is 0.741. The maximum absolute atomic E-state index is 12.5. The van der Waals surface area contributed by atoms with Crippen molar-refractivity contribution in [2.24, 2.45) is 0 Å². The molecule has 1 amide bonds. The third-order valence-corrected chi connectivity index (χ3v) is 6.66. The summed E-state index contributed by atoms with van der Waals surface area (Å²) in [6, 6.07) is 5.72. The number of ether oxygens (including phenoxy) is 1. The van der Waals surface area contributed by atoms with Crippen molar-refractivity contribution < 1.29 is 22.1 Å². The quantitative estimate of drug-likeness (QED) is 0.268. The van der Waals surface area contributed by atoms with Gasteiger partial charge in [0.15, 0.2) is 0 Å². The molecule has 7 heteroatoms. The molecule has 1 rings (SSSR count). The van der Waals surface area contributed by atoms with Gasteiger partial charge >= 0.3 is 16.4 Å². The van der Waals surface area contributed by atoms with Gasteiger partial charge in [-0.2, -0.15) is 13.1 Å². The van der Waals surface area contributed by atoms with Crippen LogP contribution in [0.1, 0.15) is 124 Å². The van der Waals surface area contributed by atoms with Crippen LogP contribution < -0.4 is 9.46 Å². The van der Waals surface area contributed by atoms with Crippen molar-refractivity contribution in [3.63, 3.8) is 0 Å². The number of amides is 1. The zero-order valence-electron chi connectivity index (χ0n) is 22.5. The minimum Gasteiger partial charge on any atom is -0.409 e. The van der Waals surface area contributed by atoms with Crippen molar-refractivity contribution in [3.8, 4) is 5.75 Å². The van der Waals surface area contributed by atoms with Gasteiger partial charge in [-0.25, -0.2) is 4.79 Å². The number of carbonyl (C=O) groups is 1. The standard InChI is InChI=1S/C27H47NO5S/c1-8-9-10-11-12-13-14-15-16-17-21-32-34(30,31)28-25(29)33-24-22(26(2,3)4)19-18-20-23(24)27(5,6)7/h18-20H,8-17,21H2,1-7H3,(H,28,29). The Hall–Kier alpha value is -1.60. The molecule has 1 aromatic carbocycles. The second-order valence-electron chi connectivity index (χ2n) is 11.1. The number of hydrogen-bond donors (Lipinski definition) is 1. The minimum absolute atomic E-state index is 0.0466. The number of para-hydroxylation sites is 1. The van der Waals surface area contributed by atoms with E-state index in [0.717, 1.165) is 30.4 Å². The molecule has 0 aliphatic heterocycles. The van der Waals surface area contributed by atoms with Crippen LogP contribution in [-0.4, -0.2) is 21.1 Å². The summed E-state index contributed by atoms with van der Waals surface area (Å²) >= 11 is 0. The molecule has 0 aliphatic carbocycles. The van der Waals surface area contributed by atoms with E-state index in [1.165, 1.54) is 38.5 Å². The lowest BCUT2D eigenvalue weighted by Crippen LogP contribution is -2.35. The summed E-state index contributed by atoms with van der Waals surface area (Å²) in [6.45, 7) is 14.4. The Morgan fingerprint density at radius 1 is 0.794 bits per heavy atom. The highest BCUT2D eigenvalue weighted by atomic mass is 32.2. The van der Waals surface area contributed by atoms with Gasteiger partial charge in [0.1, 0.15) is 5.75 Å². The Morgan fingerprint density at radius 2 is 1.24 bits per heavy atom. The predicted molar refractivity (Wildman–Crippen MR) is 140 cm³/mol. The van der Waals surface area contributed by atoms with E-state index >= 15 is 0 Å². The number of nitrogens with one attached hydrogen (secondary N) is 1. The minimum atomic E-state index is -4.23. The third kappa shape index (κ3) is 11.7. The summed E-state index contributed by atoms with van der Waals surface area (Å²) in [7, 11) is -4.23. The number of benzene rings is 1. The molecule has 1 aromatic rings. The molecule has 0 saturated heterocycles. The van der Waals surface area contributed by atoms with Gasteiger partial charge in [-0.3, -0.25) is 4.18 Å². The van der Waals surface area contributed by atoms with Gasteiger partial charge in [0.25, 0.3) is 0 Å². The van der Waals surface area contributed by atoms with Crippen molar-refractivity contribution in [1.29, 1.82) is 0 Å². The second kappa shape index (κ2) is 14.1. The maximum Gasteiger partial charge on any atom is 0.428 e. The first-order valence-corrected chi connectivity index (χ1v) is 14.2. The van der Waals surface area contributed by atoms with Crippen LogP contribution in [-0.2, 0) is 25.3 Å². The van der Waals surface area contributed by atoms with Crippen LogP contribution in [0.3, 0.4) is 0 Å². The van der Waals surface area contributed by atoms with Crippen molar-refractivity contribution in [3.05, 3.63) is 29.3 Å². The highest BCUT2D eigenvalue weighted by molar-refractivity contribution is 7.85. The van der Waals surface area contributed by atoms with E-state index in [0.29, 0.717) is 12.2 Å². The first-order chi connectivity index (χ1) is 15.8. The van der Waals surface area contributed by atoms with E-state index in [4.69, 9.17) is 8.92 Å². The molecular weight excluding hydrogens is 450 g/mol. The van der Waals surface area contributed by atoms with E-state index in [9.17, 15) is 13.2 Å². The summed E-state index contributed by atoms with van der Waals surface area (Å²) in [6.07, 6.45) is 10.4. The van der Waals surface area contributed by atoms with Gasteiger partial charge in [0, 0.05) is 11.1 Å². The van der Waals surface area contributed by atoms with Gasteiger partial charge < -0.3 is 4.74 Å². The largest absolute Gasteiger partial charge is 0.428 e. The van der Waals surface area contributed by atoms with Crippen LogP contribution >= 0.6 is 0 Å². The predicted octanol–water partition coefficient (Wildman–Crippen LogP) is 7.55. The Bertz CT molecular complexity index is 819. The van der Waals surface area contributed by atoms with Gasteiger partial charge in [0.2, 0.25) is 0 Å². The Labute approximate surface area is 208 Å². The fourth-order valence-corrected chi connectivity index (χ4v) is 4.47. The Balaban J connectivity index is 2.53. The third-order valence-electron chi connectivity index (χ3n) is 5.77. The van der Waals surface area contributed by atoms with Gasteiger partial charge in [0.05, 0.1) is 6.61 Å². The molecule has 0 spiro atoms. The molecule has 0 saturated carbocycles. The average Bonchev–Trinajstić information content (AvgIpc) is 2.70. The van der Waals surface area contributed by atoms with Crippen LogP contribution in [0.15, 0.2) is 18.2 Å². The lowest BCUT2D eigenvalue weighted by atomic mass is 9.79. The summed E-state index contributed by atoms with van der Waals surface area (Å²) in [5.74, 6) is 0.393. The highest BCUT2D eigenvalue weighted by Crippen LogP contribution is 2.39. The van der Waals surface area contributed by atoms with Crippen molar-refractivity contribution in [2.75, 3.05) is 6.61 Å².